The molecule has 1 heterocycles. The molecular weight excluding hydrogens is 128 g/mol. The van der Waals surface area contributed by atoms with E-state index in [4.69, 9.17) is 0 Å². The standard InChI is InChI=1S/C6H8N2.H4Si/c1-2-3-6-7-4-5-8-6;/h2,4-5H,1,3H2,(H,7,8);1H4. The van der Waals surface area contributed by atoms with Gasteiger partial charge in [0.2, 0.25) is 0 Å². The van der Waals surface area contributed by atoms with Gasteiger partial charge in [-0.15, -0.1) is 6.58 Å². The molecule has 0 fully saturated rings. The maximum Gasteiger partial charge on any atom is 0.109 e. The number of nitrogens with zero attached hydrogens (tertiary/aromatic N) is 1. The largest absolute Gasteiger partial charge is 0.348 e. The third-order valence-electron chi connectivity index (χ3n) is 0.893. The summed E-state index contributed by atoms with van der Waals surface area (Å²) in [4.78, 5) is 6.93. The molecule has 0 saturated heterocycles. The van der Waals surface area contributed by atoms with Gasteiger partial charge >= 0.3 is 0 Å². The molecule has 1 N–H and O–H groups in total. The molecule has 0 aliphatic rings. The van der Waals surface area contributed by atoms with E-state index in [1.165, 1.54) is 0 Å². The molecule has 1 rings (SSSR count). The van der Waals surface area contributed by atoms with Crippen LogP contribution < -0.4 is 0 Å². The summed E-state index contributed by atoms with van der Waals surface area (Å²) in [6.45, 7) is 3.58. The van der Waals surface area contributed by atoms with E-state index in [0.717, 1.165) is 12.2 Å². The fourth-order valence-corrected chi connectivity index (χ4v) is 0.546. The van der Waals surface area contributed by atoms with Crippen molar-refractivity contribution in [2.75, 3.05) is 0 Å². The molecule has 50 valence electrons. The second kappa shape index (κ2) is 4.09. The Morgan fingerprint density at radius 1 is 1.78 bits per heavy atom. The summed E-state index contributed by atoms with van der Waals surface area (Å²) in [5.74, 6) is 0.972. The van der Waals surface area contributed by atoms with Crippen LogP contribution in [0.25, 0.3) is 0 Å². The van der Waals surface area contributed by atoms with Crippen molar-refractivity contribution >= 4 is 11.0 Å². The van der Waals surface area contributed by atoms with Crippen LogP contribution in [0.1, 0.15) is 5.82 Å². The van der Waals surface area contributed by atoms with Gasteiger partial charge in [-0.05, 0) is 11.0 Å². The van der Waals surface area contributed by atoms with Crippen LogP contribution in [0.15, 0.2) is 25.0 Å². The van der Waals surface area contributed by atoms with Crippen LogP contribution in [0.2, 0.25) is 0 Å². The maximum atomic E-state index is 3.98. The fourth-order valence-electron chi connectivity index (χ4n) is 0.546. The van der Waals surface area contributed by atoms with Crippen molar-refractivity contribution in [3.8, 4) is 0 Å². The van der Waals surface area contributed by atoms with Gasteiger partial charge in [0.1, 0.15) is 5.82 Å². The number of nitrogens with one attached hydrogen (secondary N) is 1. The molecular formula is C6H12N2Si. The Labute approximate surface area is 59.0 Å². The highest BCUT2D eigenvalue weighted by atomic mass is 28.1. The minimum Gasteiger partial charge on any atom is -0.348 e. The Bertz CT molecular complexity index is 158. The Kier molecular flexibility index (Phi) is 3.71. The molecule has 0 unspecified atom stereocenters. The van der Waals surface area contributed by atoms with Crippen molar-refractivity contribution in [1.29, 1.82) is 0 Å². The first-order chi connectivity index (χ1) is 3.93. The van der Waals surface area contributed by atoms with E-state index < -0.39 is 0 Å². The summed E-state index contributed by atoms with van der Waals surface area (Å²) >= 11 is 0. The normalized spacial score (nSPS) is 8.00. The average molecular weight is 140 g/mol. The molecule has 0 bridgehead atoms. The summed E-state index contributed by atoms with van der Waals surface area (Å²) in [5, 5.41) is 0. The van der Waals surface area contributed by atoms with Crippen molar-refractivity contribution < 1.29 is 0 Å². The first-order valence-electron chi connectivity index (χ1n) is 2.52. The van der Waals surface area contributed by atoms with E-state index in [0.29, 0.717) is 0 Å². The van der Waals surface area contributed by atoms with E-state index in [-0.39, 0.29) is 11.0 Å². The number of imidazole rings is 1. The van der Waals surface area contributed by atoms with Crippen molar-refractivity contribution in [3.05, 3.63) is 30.9 Å². The average Bonchev–Trinajstić information content (AvgIpc) is 2.19. The number of H-pyrrole nitrogens is 1. The van der Waals surface area contributed by atoms with Gasteiger partial charge in [-0.3, -0.25) is 0 Å². The number of rotatable bonds is 2. The van der Waals surface area contributed by atoms with Crippen molar-refractivity contribution in [2.24, 2.45) is 0 Å². The highest BCUT2D eigenvalue weighted by Gasteiger charge is 1.85. The minimum atomic E-state index is 0. The molecule has 3 heteroatoms. The third kappa shape index (κ3) is 2.28. The van der Waals surface area contributed by atoms with Gasteiger partial charge in [-0.2, -0.15) is 0 Å². The van der Waals surface area contributed by atoms with Crippen LogP contribution in [0.3, 0.4) is 0 Å². The van der Waals surface area contributed by atoms with Gasteiger partial charge in [-0.1, -0.05) is 6.08 Å². The van der Waals surface area contributed by atoms with Gasteiger partial charge in [0.05, 0.1) is 0 Å². The first kappa shape index (κ1) is 8.17. The number of hydrogen-bond acceptors (Lipinski definition) is 1. The summed E-state index contributed by atoms with van der Waals surface area (Å²) < 4.78 is 0. The molecule has 0 aromatic carbocycles. The Morgan fingerprint density at radius 3 is 3.00 bits per heavy atom. The lowest BCUT2D eigenvalue weighted by molar-refractivity contribution is 1.06. The summed E-state index contributed by atoms with van der Waals surface area (Å²) in [6, 6.07) is 0. The molecule has 0 amide bonds. The third-order valence-corrected chi connectivity index (χ3v) is 0.893. The fraction of sp³-hybridized carbons (Fsp3) is 0.167. The molecule has 0 spiro atoms. The predicted octanol–water partition coefficient (Wildman–Crippen LogP) is -0.313. The number of aromatic nitrogens is 2. The van der Waals surface area contributed by atoms with Crippen LogP contribution in [0.4, 0.5) is 0 Å². The van der Waals surface area contributed by atoms with Crippen LogP contribution in [-0.2, 0) is 6.42 Å². The van der Waals surface area contributed by atoms with Gasteiger partial charge in [-0.25, -0.2) is 4.98 Å². The van der Waals surface area contributed by atoms with Gasteiger partial charge < -0.3 is 4.98 Å². The topological polar surface area (TPSA) is 28.7 Å². The summed E-state index contributed by atoms with van der Waals surface area (Å²) in [5.41, 5.74) is 0. The Hall–Kier alpha value is -0.833. The molecule has 1 aromatic heterocycles. The lowest BCUT2D eigenvalue weighted by Gasteiger charge is -1.82. The van der Waals surface area contributed by atoms with E-state index >= 15 is 0 Å². The van der Waals surface area contributed by atoms with E-state index in [9.17, 15) is 0 Å². The van der Waals surface area contributed by atoms with Gasteiger partial charge in [0.25, 0.3) is 0 Å². The van der Waals surface area contributed by atoms with Crippen molar-refractivity contribution in [2.45, 2.75) is 6.42 Å². The SMILES string of the molecule is C=CCc1ncc[nH]1.[SiH4]. The lowest BCUT2D eigenvalue weighted by Crippen LogP contribution is -1.80. The highest BCUT2D eigenvalue weighted by Crippen LogP contribution is 1.88. The van der Waals surface area contributed by atoms with Gasteiger partial charge in [0, 0.05) is 18.8 Å². The van der Waals surface area contributed by atoms with E-state index in [1.807, 2.05) is 6.08 Å². The van der Waals surface area contributed by atoms with E-state index in [2.05, 4.69) is 16.5 Å². The zero-order chi connectivity index (χ0) is 5.82. The monoisotopic (exact) mass is 140 g/mol. The van der Waals surface area contributed by atoms with Crippen LogP contribution >= 0.6 is 0 Å². The molecule has 0 radical (unpaired) electrons. The summed E-state index contributed by atoms with van der Waals surface area (Å²) in [6.07, 6.45) is 6.18. The van der Waals surface area contributed by atoms with E-state index in [1.54, 1.807) is 12.4 Å². The Morgan fingerprint density at radius 2 is 2.56 bits per heavy atom. The van der Waals surface area contributed by atoms with Crippen molar-refractivity contribution in [1.82, 2.24) is 9.97 Å². The zero-order valence-corrected chi connectivity index (χ0v) is 4.59. The zero-order valence-electron chi connectivity index (χ0n) is 4.59. The highest BCUT2D eigenvalue weighted by molar-refractivity contribution is 5.75. The molecule has 9 heavy (non-hydrogen) atoms. The smallest absolute Gasteiger partial charge is 0.109 e. The quantitative estimate of drug-likeness (QED) is 0.443. The lowest BCUT2D eigenvalue weighted by atomic mass is 10.4. The second-order valence-corrected chi connectivity index (χ2v) is 1.53. The maximum absolute atomic E-state index is 3.98. The van der Waals surface area contributed by atoms with Gasteiger partial charge in [0.15, 0.2) is 0 Å². The van der Waals surface area contributed by atoms with Crippen LogP contribution in [0.5, 0.6) is 0 Å². The van der Waals surface area contributed by atoms with Crippen LogP contribution in [0, 0.1) is 0 Å². The predicted molar refractivity (Wildman–Crippen MR) is 43.8 cm³/mol. The second-order valence-electron chi connectivity index (χ2n) is 1.53. The Balaban J connectivity index is 0.000000640. The van der Waals surface area contributed by atoms with Crippen molar-refractivity contribution in [3.63, 3.8) is 0 Å². The minimum absolute atomic E-state index is 0. The molecule has 0 aliphatic carbocycles. The molecule has 0 aliphatic heterocycles. The number of hydrogen-bond donors (Lipinski definition) is 1. The summed E-state index contributed by atoms with van der Waals surface area (Å²) in [7, 11) is 0. The number of allylic oxidation sites excluding steroid dienone is 1. The molecule has 1 aromatic rings. The molecule has 0 atom stereocenters. The van der Waals surface area contributed by atoms with Crippen LogP contribution in [-0.4, -0.2) is 20.9 Å². The molecule has 2 nitrogen and oxygen atoms in total. The number of aromatic amines is 1. The first-order valence-corrected chi connectivity index (χ1v) is 2.52. The molecule has 0 saturated carbocycles.